The molecule has 0 spiro atoms. The minimum absolute atomic E-state index is 0.372. The highest BCUT2D eigenvalue weighted by Crippen LogP contribution is 2.37. The quantitative estimate of drug-likeness (QED) is 0.794. The van der Waals surface area contributed by atoms with Crippen LogP contribution in [0.4, 0.5) is 0 Å². The van der Waals surface area contributed by atoms with Gasteiger partial charge in [0.1, 0.15) is 0 Å². The van der Waals surface area contributed by atoms with E-state index in [2.05, 4.69) is 14.6 Å². The van der Waals surface area contributed by atoms with E-state index in [1.54, 1.807) is 19.2 Å². The standard InChI is InChI=1S/C11H19N3O2S/c1-3-13-17(15,16)11-6-10(7-12-2)14(8-11)9-4-5-9/h6,8-9,12-13H,3-5,7H2,1-2H3. The first-order valence-corrected chi connectivity index (χ1v) is 7.42. The third-order valence-electron chi connectivity index (χ3n) is 2.85. The van der Waals surface area contributed by atoms with Gasteiger partial charge in [0, 0.05) is 31.0 Å². The summed E-state index contributed by atoms with van der Waals surface area (Å²) in [5.74, 6) is 0. The first-order chi connectivity index (χ1) is 8.08. The van der Waals surface area contributed by atoms with Crippen molar-refractivity contribution in [2.24, 2.45) is 0 Å². The Labute approximate surface area is 102 Å². The van der Waals surface area contributed by atoms with Gasteiger partial charge in [0.2, 0.25) is 10.0 Å². The molecule has 0 unspecified atom stereocenters. The summed E-state index contributed by atoms with van der Waals surface area (Å²) < 4.78 is 28.4. The van der Waals surface area contributed by atoms with Crippen LogP contribution in [0.25, 0.3) is 0 Å². The number of rotatable bonds is 6. The van der Waals surface area contributed by atoms with Gasteiger partial charge in [-0.05, 0) is 26.0 Å². The molecule has 0 saturated heterocycles. The van der Waals surface area contributed by atoms with Gasteiger partial charge in [-0.15, -0.1) is 0 Å². The van der Waals surface area contributed by atoms with Crippen LogP contribution in [0.5, 0.6) is 0 Å². The molecule has 0 radical (unpaired) electrons. The Kier molecular flexibility index (Phi) is 3.56. The zero-order valence-corrected chi connectivity index (χ0v) is 11.0. The van der Waals surface area contributed by atoms with Crippen LogP contribution < -0.4 is 10.0 Å². The number of aromatic nitrogens is 1. The summed E-state index contributed by atoms with van der Waals surface area (Å²) in [6.45, 7) is 2.89. The predicted octanol–water partition coefficient (Wildman–Crippen LogP) is 0.841. The van der Waals surface area contributed by atoms with Crippen LogP contribution in [0.1, 0.15) is 31.5 Å². The lowest BCUT2D eigenvalue weighted by Crippen LogP contribution is -2.22. The molecule has 1 fully saturated rings. The lowest BCUT2D eigenvalue weighted by molar-refractivity contribution is 0.583. The monoisotopic (exact) mass is 257 g/mol. The van der Waals surface area contributed by atoms with Crippen LogP contribution in [0.15, 0.2) is 17.2 Å². The molecule has 17 heavy (non-hydrogen) atoms. The largest absolute Gasteiger partial charge is 0.346 e. The fourth-order valence-corrected chi connectivity index (χ4v) is 3.02. The maximum absolute atomic E-state index is 11.9. The maximum Gasteiger partial charge on any atom is 0.242 e. The van der Waals surface area contributed by atoms with Crippen LogP contribution in [-0.4, -0.2) is 26.6 Å². The van der Waals surface area contributed by atoms with Crippen molar-refractivity contribution in [3.63, 3.8) is 0 Å². The molecular weight excluding hydrogens is 238 g/mol. The van der Waals surface area contributed by atoms with E-state index >= 15 is 0 Å². The van der Waals surface area contributed by atoms with E-state index < -0.39 is 10.0 Å². The van der Waals surface area contributed by atoms with Gasteiger partial charge in [0.25, 0.3) is 0 Å². The van der Waals surface area contributed by atoms with Gasteiger partial charge in [-0.3, -0.25) is 0 Å². The molecule has 1 aromatic rings. The minimum atomic E-state index is -3.33. The van der Waals surface area contributed by atoms with Crippen LogP contribution in [0.2, 0.25) is 0 Å². The zero-order valence-electron chi connectivity index (χ0n) is 10.2. The van der Waals surface area contributed by atoms with Crippen molar-refractivity contribution in [2.75, 3.05) is 13.6 Å². The van der Waals surface area contributed by atoms with Gasteiger partial charge in [-0.1, -0.05) is 6.92 Å². The number of sulfonamides is 1. The van der Waals surface area contributed by atoms with E-state index in [1.165, 1.54) is 0 Å². The number of hydrogen-bond donors (Lipinski definition) is 2. The average molecular weight is 257 g/mol. The van der Waals surface area contributed by atoms with Crippen LogP contribution in [0.3, 0.4) is 0 Å². The summed E-state index contributed by atoms with van der Waals surface area (Å²) in [6, 6.07) is 2.25. The number of nitrogens with zero attached hydrogens (tertiary/aromatic N) is 1. The Morgan fingerprint density at radius 3 is 2.71 bits per heavy atom. The molecule has 0 atom stereocenters. The maximum atomic E-state index is 11.9. The molecule has 2 N–H and O–H groups in total. The van der Waals surface area contributed by atoms with E-state index in [0.717, 1.165) is 18.5 Å². The van der Waals surface area contributed by atoms with Crippen molar-refractivity contribution in [3.8, 4) is 0 Å². The van der Waals surface area contributed by atoms with E-state index in [1.807, 2.05) is 7.05 Å². The summed E-state index contributed by atoms with van der Waals surface area (Å²) in [5.41, 5.74) is 1.03. The second kappa shape index (κ2) is 4.80. The minimum Gasteiger partial charge on any atom is -0.346 e. The number of nitrogens with one attached hydrogen (secondary N) is 2. The Morgan fingerprint density at radius 1 is 1.47 bits per heavy atom. The molecule has 1 saturated carbocycles. The van der Waals surface area contributed by atoms with Crippen molar-refractivity contribution < 1.29 is 8.42 Å². The SMILES string of the molecule is CCNS(=O)(=O)c1cc(CNC)n(C2CC2)c1. The Bertz CT molecular complexity index is 489. The fraction of sp³-hybridized carbons (Fsp3) is 0.636. The summed E-state index contributed by atoms with van der Waals surface area (Å²) >= 11 is 0. The average Bonchev–Trinajstić information content (AvgIpc) is 3.01. The van der Waals surface area contributed by atoms with Gasteiger partial charge in [0.15, 0.2) is 0 Å². The van der Waals surface area contributed by atoms with Crippen molar-refractivity contribution in [1.82, 2.24) is 14.6 Å². The third kappa shape index (κ3) is 2.70. The first-order valence-electron chi connectivity index (χ1n) is 5.93. The van der Waals surface area contributed by atoms with E-state index in [4.69, 9.17) is 0 Å². The smallest absolute Gasteiger partial charge is 0.242 e. The highest BCUT2D eigenvalue weighted by atomic mass is 32.2. The van der Waals surface area contributed by atoms with Gasteiger partial charge >= 0.3 is 0 Å². The van der Waals surface area contributed by atoms with Crippen LogP contribution >= 0.6 is 0 Å². The van der Waals surface area contributed by atoms with Crippen molar-refractivity contribution in [1.29, 1.82) is 0 Å². The third-order valence-corrected chi connectivity index (χ3v) is 4.36. The normalized spacial score (nSPS) is 16.4. The molecule has 5 nitrogen and oxygen atoms in total. The number of hydrogen-bond acceptors (Lipinski definition) is 3. The molecule has 6 heteroatoms. The molecule has 2 rings (SSSR count). The Balaban J connectivity index is 2.32. The highest BCUT2D eigenvalue weighted by molar-refractivity contribution is 7.89. The molecule has 0 aromatic carbocycles. The predicted molar refractivity (Wildman–Crippen MR) is 66.3 cm³/mol. The molecule has 1 aliphatic carbocycles. The molecule has 1 aliphatic rings. The molecule has 0 amide bonds. The van der Waals surface area contributed by atoms with Gasteiger partial charge < -0.3 is 9.88 Å². The van der Waals surface area contributed by atoms with Crippen molar-refractivity contribution in [3.05, 3.63) is 18.0 Å². The molecule has 0 aliphatic heterocycles. The molecule has 1 aromatic heterocycles. The Morgan fingerprint density at radius 2 is 2.18 bits per heavy atom. The van der Waals surface area contributed by atoms with Crippen LogP contribution in [-0.2, 0) is 16.6 Å². The zero-order chi connectivity index (χ0) is 12.5. The van der Waals surface area contributed by atoms with E-state index in [9.17, 15) is 8.42 Å². The summed E-state index contributed by atoms with van der Waals surface area (Å²) in [4.78, 5) is 0.372. The highest BCUT2D eigenvalue weighted by Gasteiger charge is 2.27. The van der Waals surface area contributed by atoms with E-state index in [0.29, 0.717) is 24.0 Å². The fourth-order valence-electron chi connectivity index (χ4n) is 1.93. The molecule has 0 bridgehead atoms. The Hall–Kier alpha value is -0.850. The lowest BCUT2D eigenvalue weighted by atomic mass is 10.4. The lowest BCUT2D eigenvalue weighted by Gasteiger charge is -2.05. The second-order valence-corrected chi connectivity index (χ2v) is 6.10. The van der Waals surface area contributed by atoms with Gasteiger partial charge in [0.05, 0.1) is 4.90 Å². The van der Waals surface area contributed by atoms with Crippen molar-refractivity contribution in [2.45, 2.75) is 37.2 Å². The topological polar surface area (TPSA) is 63.1 Å². The van der Waals surface area contributed by atoms with Crippen LogP contribution in [0, 0.1) is 0 Å². The van der Waals surface area contributed by atoms with Gasteiger partial charge in [-0.25, -0.2) is 13.1 Å². The van der Waals surface area contributed by atoms with E-state index in [-0.39, 0.29) is 0 Å². The van der Waals surface area contributed by atoms with Gasteiger partial charge in [-0.2, -0.15) is 0 Å². The second-order valence-electron chi connectivity index (χ2n) is 4.34. The summed E-state index contributed by atoms with van der Waals surface area (Å²) in [7, 11) is -1.47. The molecule has 96 valence electrons. The molecular formula is C11H19N3O2S. The summed E-state index contributed by atoms with van der Waals surface area (Å²) in [5, 5.41) is 3.07. The molecule has 1 heterocycles. The first kappa shape index (κ1) is 12.6. The van der Waals surface area contributed by atoms with Crippen molar-refractivity contribution >= 4 is 10.0 Å². The summed E-state index contributed by atoms with van der Waals surface area (Å²) in [6.07, 6.45) is 4.04.